The van der Waals surface area contributed by atoms with Crippen LogP contribution in [0.3, 0.4) is 0 Å². The second-order valence-electron chi connectivity index (χ2n) is 11.0. The van der Waals surface area contributed by atoms with Gasteiger partial charge in [-0.3, -0.25) is 4.79 Å². The minimum absolute atomic E-state index is 0.0526. The molecule has 1 fully saturated rings. The van der Waals surface area contributed by atoms with Crippen LogP contribution in [0, 0.1) is 0 Å². The number of fused-ring (bicyclic) bond motifs is 1. The summed E-state index contributed by atoms with van der Waals surface area (Å²) in [5.74, 6) is 0.566. The smallest absolute Gasteiger partial charge is 0.410 e. The number of ether oxygens (including phenoxy) is 2. The lowest BCUT2D eigenvalue weighted by Gasteiger charge is -2.37. The lowest BCUT2D eigenvalue weighted by atomic mass is 10.00. The quantitative estimate of drug-likeness (QED) is 0.176. The summed E-state index contributed by atoms with van der Waals surface area (Å²) >= 11 is 3.12. The molecule has 11 heteroatoms. The fraction of sp³-hybridized carbons (Fsp3) is 0.481. The Balaban J connectivity index is 1.47. The van der Waals surface area contributed by atoms with Gasteiger partial charge in [0.1, 0.15) is 31.1 Å². The van der Waals surface area contributed by atoms with E-state index >= 15 is 0 Å². The van der Waals surface area contributed by atoms with Crippen molar-refractivity contribution in [3.63, 3.8) is 0 Å². The maximum Gasteiger partial charge on any atom is 0.410 e. The lowest BCUT2D eigenvalue weighted by Crippen LogP contribution is -2.49. The molecule has 0 spiro atoms. The SMILES string of the molecule is C[C@H]1CC[C@@H](Nc2ncnc3c2c(C(=O)Br)cn3COCC[Si](C)(C)C)CN1C(=O)OCc1ccccc1. The van der Waals surface area contributed by atoms with Crippen LogP contribution in [-0.2, 0) is 22.8 Å². The van der Waals surface area contributed by atoms with Gasteiger partial charge in [-0.1, -0.05) is 50.0 Å². The summed E-state index contributed by atoms with van der Waals surface area (Å²) in [5.41, 5.74) is 2.05. The van der Waals surface area contributed by atoms with E-state index in [1.807, 2.05) is 41.8 Å². The summed E-state index contributed by atoms with van der Waals surface area (Å²) in [6.07, 6.45) is 4.59. The van der Waals surface area contributed by atoms with Crippen LogP contribution in [0.1, 0.15) is 35.7 Å². The number of rotatable bonds is 10. The molecule has 0 bridgehead atoms. The maximum absolute atomic E-state index is 12.9. The van der Waals surface area contributed by atoms with Crippen molar-refractivity contribution in [1.29, 1.82) is 0 Å². The fourth-order valence-corrected chi connectivity index (χ4v) is 5.55. The zero-order chi connectivity index (χ0) is 27.3. The molecule has 38 heavy (non-hydrogen) atoms. The molecule has 1 aliphatic rings. The normalized spacial score (nSPS) is 18.0. The Kier molecular flexibility index (Phi) is 9.22. The van der Waals surface area contributed by atoms with Gasteiger partial charge in [0.2, 0.25) is 4.69 Å². The molecule has 1 aromatic carbocycles. The number of likely N-dealkylation sites (tertiary alicyclic amines) is 1. The van der Waals surface area contributed by atoms with E-state index in [1.54, 1.807) is 11.1 Å². The van der Waals surface area contributed by atoms with Crippen molar-refractivity contribution in [2.45, 2.75) is 70.9 Å². The van der Waals surface area contributed by atoms with Gasteiger partial charge < -0.3 is 24.3 Å². The first kappa shape index (κ1) is 28.3. The van der Waals surface area contributed by atoms with Crippen molar-refractivity contribution in [2.24, 2.45) is 0 Å². The molecule has 3 aromatic rings. The van der Waals surface area contributed by atoms with Gasteiger partial charge in [-0.25, -0.2) is 14.8 Å². The number of carbonyl (C=O) groups is 2. The Hall–Kier alpha value is -2.76. The van der Waals surface area contributed by atoms with E-state index in [0.29, 0.717) is 42.3 Å². The van der Waals surface area contributed by atoms with Crippen molar-refractivity contribution in [2.75, 3.05) is 18.5 Å². The zero-order valence-electron chi connectivity index (χ0n) is 22.4. The summed E-state index contributed by atoms with van der Waals surface area (Å²) < 4.78 is 13.1. The molecule has 9 nitrogen and oxygen atoms in total. The zero-order valence-corrected chi connectivity index (χ0v) is 25.0. The average Bonchev–Trinajstić information content (AvgIpc) is 3.26. The minimum Gasteiger partial charge on any atom is -0.445 e. The number of halogens is 1. The largest absolute Gasteiger partial charge is 0.445 e. The predicted molar refractivity (Wildman–Crippen MR) is 154 cm³/mol. The monoisotopic (exact) mass is 601 g/mol. The van der Waals surface area contributed by atoms with Crippen molar-refractivity contribution < 1.29 is 19.1 Å². The first-order valence-corrected chi connectivity index (χ1v) is 17.5. The number of hydrogen-bond donors (Lipinski definition) is 1. The molecular weight excluding hydrogens is 566 g/mol. The molecule has 204 valence electrons. The highest BCUT2D eigenvalue weighted by atomic mass is 79.9. The van der Waals surface area contributed by atoms with Gasteiger partial charge in [-0.2, -0.15) is 0 Å². The molecule has 0 unspecified atom stereocenters. The number of aromatic nitrogens is 3. The summed E-state index contributed by atoms with van der Waals surface area (Å²) in [5, 5.41) is 4.12. The van der Waals surface area contributed by atoms with E-state index < -0.39 is 8.07 Å². The highest BCUT2D eigenvalue weighted by molar-refractivity contribution is 9.18. The Morgan fingerprint density at radius 1 is 1.16 bits per heavy atom. The van der Waals surface area contributed by atoms with Gasteiger partial charge in [-0.05, 0) is 47.3 Å². The number of anilines is 1. The van der Waals surface area contributed by atoms with Gasteiger partial charge in [0.15, 0.2) is 0 Å². The van der Waals surface area contributed by atoms with Gasteiger partial charge in [-0.15, -0.1) is 0 Å². The van der Waals surface area contributed by atoms with Crippen molar-refractivity contribution in [3.05, 3.63) is 54.0 Å². The lowest BCUT2D eigenvalue weighted by molar-refractivity contribution is 0.0696. The van der Waals surface area contributed by atoms with Crippen LogP contribution in [0.2, 0.25) is 25.7 Å². The molecule has 2 atom stereocenters. The van der Waals surface area contributed by atoms with E-state index in [4.69, 9.17) is 9.47 Å². The van der Waals surface area contributed by atoms with Crippen LogP contribution in [0.5, 0.6) is 0 Å². The molecule has 4 rings (SSSR count). The highest BCUT2D eigenvalue weighted by Crippen LogP contribution is 2.30. The van der Waals surface area contributed by atoms with Crippen molar-refractivity contribution in [1.82, 2.24) is 19.4 Å². The van der Waals surface area contributed by atoms with E-state index in [9.17, 15) is 9.59 Å². The standard InChI is InChI=1S/C27H36BrN5O4Si/c1-19-10-11-21(14-33(19)27(35)37-16-20-8-6-5-7-9-20)31-25-23-22(24(28)34)15-32(26(23)30-17-29-25)18-36-12-13-38(2,3)4/h5-9,15,17,19,21H,10-14,16,18H2,1-4H3,(H,29,30,31)/t19-,21+/m0/s1. The number of nitrogens with zero attached hydrogens (tertiary/aromatic N) is 4. The second kappa shape index (κ2) is 12.4. The first-order chi connectivity index (χ1) is 18.1. The number of carbonyl (C=O) groups excluding carboxylic acids is 2. The molecule has 1 aliphatic heterocycles. The molecule has 1 amide bonds. The first-order valence-electron chi connectivity index (χ1n) is 13.0. The number of nitrogens with one attached hydrogen (secondary N) is 1. The van der Waals surface area contributed by atoms with E-state index in [-0.39, 0.29) is 29.5 Å². The molecule has 2 aromatic heterocycles. The third kappa shape index (κ3) is 7.21. The Labute approximate surface area is 233 Å². The van der Waals surface area contributed by atoms with Crippen molar-refractivity contribution >= 4 is 51.6 Å². The van der Waals surface area contributed by atoms with Crippen LogP contribution in [0.15, 0.2) is 42.9 Å². The molecule has 1 saturated heterocycles. The number of piperidine rings is 1. The van der Waals surface area contributed by atoms with Gasteiger partial charge in [0.25, 0.3) is 0 Å². The predicted octanol–water partition coefficient (Wildman–Crippen LogP) is 5.88. The van der Waals surface area contributed by atoms with Crippen LogP contribution >= 0.6 is 15.9 Å². The summed E-state index contributed by atoms with van der Waals surface area (Å²) in [7, 11) is -1.21. The van der Waals surface area contributed by atoms with E-state index in [0.717, 1.165) is 24.4 Å². The molecule has 0 saturated carbocycles. The van der Waals surface area contributed by atoms with Crippen LogP contribution in [-0.4, -0.2) is 63.5 Å². The Morgan fingerprint density at radius 3 is 2.63 bits per heavy atom. The van der Waals surface area contributed by atoms with E-state index in [2.05, 4.69) is 50.9 Å². The second-order valence-corrected chi connectivity index (χ2v) is 17.4. The summed E-state index contributed by atoms with van der Waals surface area (Å²) in [6, 6.07) is 10.7. The number of benzene rings is 1. The highest BCUT2D eigenvalue weighted by Gasteiger charge is 2.31. The molecule has 0 aliphatic carbocycles. The van der Waals surface area contributed by atoms with Gasteiger partial charge >= 0.3 is 6.09 Å². The summed E-state index contributed by atoms with van der Waals surface area (Å²) in [4.78, 5) is 36.1. The molecule has 0 radical (unpaired) electrons. The Bertz CT molecular complexity index is 1260. The Morgan fingerprint density at radius 2 is 1.92 bits per heavy atom. The van der Waals surface area contributed by atoms with E-state index in [1.165, 1.54) is 6.33 Å². The van der Waals surface area contributed by atoms with Gasteiger partial charge in [0.05, 0.1) is 10.9 Å². The number of amides is 1. The molecule has 1 N–H and O–H groups in total. The third-order valence-corrected chi connectivity index (χ3v) is 8.89. The van der Waals surface area contributed by atoms with Gasteiger partial charge in [0, 0.05) is 39.5 Å². The minimum atomic E-state index is -1.21. The topological polar surface area (TPSA) is 98.6 Å². The number of hydrogen-bond acceptors (Lipinski definition) is 7. The average molecular weight is 603 g/mol. The molecular formula is C27H36BrN5O4Si. The molecule has 3 heterocycles. The van der Waals surface area contributed by atoms with Crippen molar-refractivity contribution in [3.8, 4) is 0 Å². The van der Waals surface area contributed by atoms with Crippen LogP contribution in [0.25, 0.3) is 11.0 Å². The fourth-order valence-electron chi connectivity index (χ4n) is 4.50. The summed E-state index contributed by atoms with van der Waals surface area (Å²) in [6.45, 7) is 10.6. The maximum atomic E-state index is 12.9. The van der Waals surface area contributed by atoms with Crippen LogP contribution in [0.4, 0.5) is 10.6 Å². The third-order valence-electron chi connectivity index (χ3n) is 6.75. The van der Waals surface area contributed by atoms with Crippen LogP contribution < -0.4 is 5.32 Å².